The van der Waals surface area contributed by atoms with Gasteiger partial charge in [-0.3, -0.25) is 24.2 Å². The first-order valence-electron chi connectivity index (χ1n) is 13.7. The van der Waals surface area contributed by atoms with Gasteiger partial charge in [-0.05, 0) is 58.1 Å². The Morgan fingerprint density at radius 2 is 1.85 bits per heavy atom. The van der Waals surface area contributed by atoms with Crippen molar-refractivity contribution in [2.45, 2.75) is 78.6 Å². The molecule has 4 atom stereocenters. The summed E-state index contributed by atoms with van der Waals surface area (Å²) in [6.45, 7) is 10.5. The standard InChI is InChI=1S/C29H40N6O6/c1-16(2)23(25(37)31-17(3)26(38)35-13-7-8-21(34-35)27(39)40)33-28(41)29(5,6)12-11-19-9-10-20-15-30-24(18(4)36)32-22(20)14-19/h9-12,14-18,21,23,34,36H,7-8,13H2,1-6H3,(H,31,37)(H,33,41)(H,39,40)/b12-11+. The molecule has 1 aromatic heterocycles. The monoisotopic (exact) mass is 568 g/mol. The lowest BCUT2D eigenvalue weighted by Gasteiger charge is -2.34. The number of benzene rings is 1. The van der Waals surface area contributed by atoms with E-state index in [1.807, 2.05) is 18.2 Å². The fourth-order valence-electron chi connectivity index (χ4n) is 4.32. The summed E-state index contributed by atoms with van der Waals surface area (Å²) < 4.78 is 0. The summed E-state index contributed by atoms with van der Waals surface area (Å²) in [6, 6.07) is 2.88. The number of carboxylic acids is 1. The maximum absolute atomic E-state index is 13.3. The van der Waals surface area contributed by atoms with Crippen LogP contribution in [0.2, 0.25) is 0 Å². The highest BCUT2D eigenvalue weighted by Crippen LogP contribution is 2.22. The summed E-state index contributed by atoms with van der Waals surface area (Å²) >= 11 is 0. The number of nitrogens with zero attached hydrogens (tertiary/aromatic N) is 3. The molecule has 0 spiro atoms. The number of carboxylic acid groups (broad SMARTS) is 1. The van der Waals surface area contributed by atoms with Crippen molar-refractivity contribution in [1.29, 1.82) is 0 Å². The Balaban J connectivity index is 1.66. The number of nitrogens with one attached hydrogen (secondary N) is 3. The molecular formula is C29H40N6O6. The van der Waals surface area contributed by atoms with Crippen LogP contribution >= 0.6 is 0 Å². The minimum atomic E-state index is -1.04. The summed E-state index contributed by atoms with van der Waals surface area (Å²) in [6.07, 6.45) is 5.33. The maximum atomic E-state index is 13.3. The van der Waals surface area contributed by atoms with Gasteiger partial charge in [-0.2, -0.15) is 0 Å². The number of aliphatic carboxylic acids is 1. The van der Waals surface area contributed by atoms with Crippen LogP contribution in [0.15, 0.2) is 30.5 Å². The van der Waals surface area contributed by atoms with E-state index in [0.29, 0.717) is 30.7 Å². The lowest BCUT2D eigenvalue weighted by Crippen LogP contribution is -2.61. The Hall–Kier alpha value is -3.90. The molecule has 0 aliphatic carbocycles. The number of carbonyl (C=O) groups is 4. The van der Waals surface area contributed by atoms with Crippen molar-refractivity contribution >= 4 is 40.7 Å². The van der Waals surface area contributed by atoms with Crippen LogP contribution in [-0.2, 0) is 19.2 Å². The quantitative estimate of drug-likeness (QED) is 0.287. The number of aliphatic hydroxyl groups excluding tert-OH is 1. The van der Waals surface area contributed by atoms with Crippen molar-refractivity contribution in [2.75, 3.05) is 6.54 Å². The van der Waals surface area contributed by atoms with Crippen molar-refractivity contribution < 1.29 is 29.4 Å². The van der Waals surface area contributed by atoms with Gasteiger partial charge in [0, 0.05) is 18.1 Å². The molecule has 12 heteroatoms. The largest absolute Gasteiger partial charge is 0.480 e. The lowest BCUT2D eigenvalue weighted by atomic mass is 9.89. The number of carbonyl (C=O) groups excluding carboxylic acids is 3. The van der Waals surface area contributed by atoms with Crippen molar-refractivity contribution in [3.05, 3.63) is 41.9 Å². The van der Waals surface area contributed by atoms with Gasteiger partial charge >= 0.3 is 5.97 Å². The number of rotatable bonds is 10. The highest BCUT2D eigenvalue weighted by Gasteiger charge is 2.34. The van der Waals surface area contributed by atoms with E-state index in [1.165, 1.54) is 11.9 Å². The molecule has 1 saturated heterocycles. The molecule has 1 fully saturated rings. The summed E-state index contributed by atoms with van der Waals surface area (Å²) in [5, 5.41) is 26.6. The molecule has 1 aliphatic rings. The fraction of sp³-hybridized carbons (Fsp3) is 0.517. The van der Waals surface area contributed by atoms with E-state index in [-0.39, 0.29) is 11.8 Å². The van der Waals surface area contributed by atoms with Crippen LogP contribution in [0.5, 0.6) is 0 Å². The van der Waals surface area contributed by atoms with E-state index in [0.717, 1.165) is 10.9 Å². The molecule has 1 aromatic carbocycles. The van der Waals surface area contributed by atoms with Gasteiger partial charge in [0.25, 0.3) is 5.91 Å². The van der Waals surface area contributed by atoms with Crippen LogP contribution in [-0.4, -0.2) is 73.6 Å². The van der Waals surface area contributed by atoms with Gasteiger partial charge in [0.2, 0.25) is 11.8 Å². The third-order valence-corrected chi connectivity index (χ3v) is 6.99. The third kappa shape index (κ3) is 8.08. The number of aliphatic hydroxyl groups is 1. The smallest absolute Gasteiger partial charge is 0.322 e. The molecule has 0 bridgehead atoms. The SMILES string of the molecule is CC(NC(=O)C(NC(=O)C(C)(C)/C=C/c1ccc2cnc(C(C)O)nc2c1)C(C)C)C(=O)N1CCCC(C(=O)O)N1. The third-order valence-electron chi connectivity index (χ3n) is 6.99. The first kappa shape index (κ1) is 31.6. The van der Waals surface area contributed by atoms with E-state index in [9.17, 15) is 29.4 Å². The van der Waals surface area contributed by atoms with Gasteiger partial charge in [0.05, 0.1) is 10.9 Å². The van der Waals surface area contributed by atoms with Crippen molar-refractivity contribution in [3.8, 4) is 0 Å². The Labute approximate surface area is 239 Å². The molecule has 41 heavy (non-hydrogen) atoms. The zero-order valence-corrected chi connectivity index (χ0v) is 24.3. The fourth-order valence-corrected chi connectivity index (χ4v) is 4.32. The van der Waals surface area contributed by atoms with Gasteiger partial charge < -0.3 is 20.8 Å². The molecule has 12 nitrogen and oxygen atoms in total. The minimum absolute atomic E-state index is 0.270. The number of fused-ring (bicyclic) bond motifs is 1. The molecule has 2 aromatic rings. The molecule has 0 saturated carbocycles. The second-order valence-electron chi connectivity index (χ2n) is 11.4. The molecule has 3 rings (SSSR count). The highest BCUT2D eigenvalue weighted by atomic mass is 16.4. The predicted octanol–water partition coefficient (Wildman–Crippen LogP) is 1.95. The number of amides is 3. The Kier molecular flexibility index (Phi) is 10.2. The van der Waals surface area contributed by atoms with Crippen LogP contribution in [0.1, 0.15) is 71.9 Å². The van der Waals surface area contributed by atoms with Crippen LogP contribution < -0.4 is 16.1 Å². The minimum Gasteiger partial charge on any atom is -0.480 e. The average Bonchev–Trinajstić information content (AvgIpc) is 2.93. The molecule has 2 heterocycles. The zero-order valence-electron chi connectivity index (χ0n) is 24.3. The molecule has 5 N–H and O–H groups in total. The second kappa shape index (κ2) is 13.2. The van der Waals surface area contributed by atoms with Crippen molar-refractivity contribution in [1.82, 2.24) is 31.0 Å². The highest BCUT2D eigenvalue weighted by molar-refractivity contribution is 5.94. The van der Waals surface area contributed by atoms with E-state index >= 15 is 0 Å². The first-order chi connectivity index (χ1) is 19.2. The summed E-state index contributed by atoms with van der Waals surface area (Å²) in [7, 11) is 0. The summed E-state index contributed by atoms with van der Waals surface area (Å²) in [5.41, 5.74) is 3.18. The van der Waals surface area contributed by atoms with Gasteiger partial charge in [-0.15, -0.1) is 0 Å². The Morgan fingerprint density at radius 1 is 1.15 bits per heavy atom. The molecule has 222 valence electrons. The van der Waals surface area contributed by atoms with E-state index < -0.39 is 47.4 Å². The Bertz CT molecular complexity index is 1320. The van der Waals surface area contributed by atoms with Gasteiger partial charge in [0.1, 0.15) is 24.2 Å². The van der Waals surface area contributed by atoms with E-state index in [2.05, 4.69) is 26.0 Å². The number of hydrogen-bond acceptors (Lipinski definition) is 8. The van der Waals surface area contributed by atoms with Crippen LogP contribution in [0.3, 0.4) is 0 Å². The van der Waals surface area contributed by atoms with Gasteiger partial charge in [-0.25, -0.2) is 15.4 Å². The van der Waals surface area contributed by atoms with Crippen LogP contribution in [0.25, 0.3) is 17.0 Å². The molecule has 3 amide bonds. The second-order valence-corrected chi connectivity index (χ2v) is 11.4. The van der Waals surface area contributed by atoms with Crippen LogP contribution in [0, 0.1) is 11.3 Å². The normalized spacial score (nSPS) is 18.2. The Morgan fingerprint density at radius 3 is 2.49 bits per heavy atom. The summed E-state index contributed by atoms with van der Waals surface area (Å²) in [4.78, 5) is 59.1. The zero-order chi connectivity index (χ0) is 30.5. The predicted molar refractivity (Wildman–Crippen MR) is 153 cm³/mol. The molecule has 0 radical (unpaired) electrons. The van der Waals surface area contributed by atoms with Crippen molar-refractivity contribution in [2.24, 2.45) is 11.3 Å². The lowest BCUT2D eigenvalue weighted by molar-refractivity contribution is -0.148. The van der Waals surface area contributed by atoms with Gasteiger partial charge in [0.15, 0.2) is 5.82 Å². The number of aromatic nitrogens is 2. The van der Waals surface area contributed by atoms with Crippen molar-refractivity contribution in [3.63, 3.8) is 0 Å². The first-order valence-corrected chi connectivity index (χ1v) is 13.7. The topological polar surface area (TPSA) is 174 Å². The molecule has 4 unspecified atom stereocenters. The maximum Gasteiger partial charge on any atom is 0.322 e. The van der Waals surface area contributed by atoms with Gasteiger partial charge in [-0.1, -0.05) is 38.1 Å². The van der Waals surface area contributed by atoms with E-state index in [4.69, 9.17) is 0 Å². The molecule has 1 aliphatic heterocycles. The van der Waals surface area contributed by atoms with Crippen LogP contribution in [0.4, 0.5) is 0 Å². The number of hydrogen-bond donors (Lipinski definition) is 5. The summed E-state index contributed by atoms with van der Waals surface area (Å²) in [5.74, 6) is -2.33. The average molecular weight is 569 g/mol. The number of hydrazine groups is 1. The van der Waals surface area contributed by atoms with E-state index in [1.54, 1.807) is 53.0 Å². The molecular weight excluding hydrogens is 528 g/mol.